The van der Waals surface area contributed by atoms with Gasteiger partial charge in [-0.25, -0.2) is 10.2 Å². The molecule has 0 rings (SSSR count). The van der Waals surface area contributed by atoms with Gasteiger partial charge in [0.25, 0.3) is 3.25 Å². The van der Waals surface area contributed by atoms with E-state index in [2.05, 4.69) is 104 Å². The molecule has 134 valence electrons. The maximum absolute atomic E-state index is 11.0. The minimum absolute atomic E-state index is 0. The molecule has 0 amide bonds. The third kappa shape index (κ3) is 51.6. The van der Waals surface area contributed by atoms with Gasteiger partial charge in [-0.15, -0.1) is 17.0 Å². The predicted octanol–water partition coefficient (Wildman–Crippen LogP) is 5.25. The fourth-order valence-corrected chi connectivity index (χ4v) is 2.39. The minimum Gasteiger partial charge on any atom is -0.330 e. The topological polar surface area (TPSA) is 104 Å². The highest BCUT2D eigenvalue weighted by Gasteiger charge is 2.14. The maximum atomic E-state index is 11.0. The van der Waals surface area contributed by atoms with Crippen LogP contribution < -0.4 is 15.9 Å². The quantitative estimate of drug-likeness (QED) is 0.207. The van der Waals surface area contributed by atoms with E-state index in [1.54, 1.807) is 0 Å². The van der Waals surface area contributed by atoms with Crippen molar-refractivity contribution in [2.24, 2.45) is 5.73 Å². The number of nitrogens with one attached hydrogen (secondary N) is 2. The molecule has 5 N–H and O–H groups in total. The van der Waals surface area contributed by atoms with E-state index >= 15 is 0 Å². The molecule has 0 saturated heterocycles. The van der Waals surface area contributed by atoms with Crippen molar-refractivity contribution in [3.8, 4) is 0 Å². The minimum atomic E-state index is -3.29. The smallest absolute Gasteiger partial charge is 0.330 e. The Morgan fingerprint density at radius 3 is 1.29 bits per heavy atom. The van der Waals surface area contributed by atoms with Gasteiger partial charge in [-0.05, 0) is 0 Å². The van der Waals surface area contributed by atoms with Crippen LogP contribution in [-0.2, 0) is 9.13 Å². The molecule has 0 fully saturated rings. The first-order valence-electron chi connectivity index (χ1n) is 4.94. The molecule has 0 heterocycles. The van der Waals surface area contributed by atoms with Crippen LogP contribution in [0, 0.1) is 0 Å². The Kier molecular flexibility index (Phi) is 33.4. The Labute approximate surface area is 185 Å². The Bertz CT molecular complexity index is 275. The van der Waals surface area contributed by atoms with Crippen molar-refractivity contribution in [2.45, 2.75) is 0 Å². The van der Waals surface area contributed by atoms with Gasteiger partial charge in [-0.3, -0.25) is 9.13 Å². The van der Waals surface area contributed by atoms with Crippen LogP contribution in [0.25, 0.3) is 0 Å². The first-order valence-corrected chi connectivity index (χ1v) is 17.7. The molecule has 0 bridgehead atoms. The third-order valence-corrected chi connectivity index (χ3v) is 3.51. The number of rotatable bonds is 7. The number of halogens is 7. The molecule has 21 heavy (non-hydrogen) atoms. The van der Waals surface area contributed by atoms with E-state index in [4.69, 9.17) is 10.6 Å². The summed E-state index contributed by atoms with van der Waals surface area (Å²) in [5.41, 5.74) is 4.98. The fraction of sp³-hybridized carbons (Fsp3) is 1.00. The van der Waals surface area contributed by atoms with Gasteiger partial charge in [0.1, 0.15) is 0 Å². The summed E-state index contributed by atoms with van der Waals surface area (Å²) in [5.74, 6) is 0. The van der Waals surface area contributed by atoms with Crippen molar-refractivity contribution in [1.29, 1.82) is 0 Å². The van der Waals surface area contributed by atoms with Crippen LogP contribution in [0.15, 0.2) is 0 Å². The van der Waals surface area contributed by atoms with E-state index in [0.717, 1.165) is 11.9 Å². The van der Waals surface area contributed by atoms with Crippen LogP contribution in [0.2, 0.25) is 0 Å². The second kappa shape index (κ2) is 21.7. The highest BCUT2D eigenvalue weighted by atomic mass is 80.0. The maximum Gasteiger partial charge on any atom is 0.338 e. The summed E-state index contributed by atoms with van der Waals surface area (Å²) in [6.07, 6.45) is 0. The summed E-state index contributed by atoms with van der Waals surface area (Å²) < 4.78 is 18.8. The Morgan fingerprint density at radius 1 is 0.905 bits per heavy atom. The van der Waals surface area contributed by atoms with Crippen molar-refractivity contribution >= 4 is 122 Å². The number of nitrogens with two attached hydrogens (primary N) is 1. The molecule has 0 aliphatic carbocycles. The molecule has 0 atom stereocenters. The zero-order chi connectivity index (χ0) is 16.7. The van der Waals surface area contributed by atoms with Gasteiger partial charge in [0.05, 0.1) is 0 Å². The highest BCUT2D eigenvalue weighted by Crippen LogP contribution is 2.68. The Hall–Kier alpha value is 3.66. The van der Waals surface area contributed by atoms with Crippen molar-refractivity contribution in [2.75, 3.05) is 35.6 Å². The first-order chi connectivity index (χ1) is 9.04. The van der Waals surface area contributed by atoms with E-state index in [9.17, 15) is 9.13 Å². The van der Waals surface area contributed by atoms with Gasteiger partial charge >= 0.3 is 7.67 Å². The first kappa shape index (κ1) is 32.3. The van der Waals surface area contributed by atoms with Gasteiger partial charge in [-0.2, -0.15) is 0 Å². The lowest BCUT2D eigenvalue weighted by atomic mass is 10.8. The van der Waals surface area contributed by atoms with Crippen LogP contribution in [0.3, 0.4) is 0 Å². The van der Waals surface area contributed by atoms with Crippen molar-refractivity contribution in [1.82, 2.24) is 10.2 Å². The molecule has 6 nitrogen and oxygen atoms in total. The van der Waals surface area contributed by atoms with Gasteiger partial charge < -0.3 is 10.6 Å². The Morgan fingerprint density at radius 2 is 1.14 bits per heavy atom. The monoisotopic (exact) mass is 795 g/mol. The Balaban J connectivity index is -0.000000121. The van der Waals surface area contributed by atoms with E-state index in [0.29, 0.717) is 23.7 Å². The second-order valence-electron chi connectivity index (χ2n) is 2.65. The summed E-state index contributed by atoms with van der Waals surface area (Å²) >= 11 is 17.7. The van der Waals surface area contributed by atoms with Crippen molar-refractivity contribution < 1.29 is 14.0 Å². The lowest BCUT2D eigenvalue weighted by Gasteiger charge is -2.12. The number of hydrogen-bond acceptors (Lipinski definition) is 3. The van der Waals surface area contributed by atoms with Crippen LogP contribution in [0.1, 0.15) is 0 Å². The van der Waals surface area contributed by atoms with Crippen LogP contribution >= 0.6 is 122 Å². The van der Waals surface area contributed by atoms with Crippen molar-refractivity contribution in [3.63, 3.8) is 0 Å². The SMILES string of the molecule is Br.NCCBr.O=P(Br)(Br)Br.O=P(O)(NCCBr)NCCBr. The van der Waals surface area contributed by atoms with Gasteiger partial charge in [0, 0.05) is 82.1 Å². The third-order valence-electron chi connectivity index (χ3n) is 0.950. The molecule has 0 aromatic rings. The van der Waals surface area contributed by atoms with Crippen LogP contribution in [0.5, 0.6) is 0 Å². The molecule has 0 aliphatic heterocycles. The lowest BCUT2D eigenvalue weighted by molar-refractivity contribution is 0.451. The van der Waals surface area contributed by atoms with Crippen molar-refractivity contribution in [3.05, 3.63) is 0 Å². The van der Waals surface area contributed by atoms with E-state index in [-0.39, 0.29) is 17.0 Å². The van der Waals surface area contributed by atoms with E-state index < -0.39 is 10.9 Å². The summed E-state index contributed by atoms with van der Waals surface area (Å²) in [7, 11) is -3.29. The molecular weight excluding hydrogens is 783 g/mol. The molecule has 0 saturated carbocycles. The molecule has 0 aromatic heterocycles. The zero-order valence-corrected chi connectivity index (χ0v) is 23.7. The number of hydrogen-bond donors (Lipinski definition) is 4. The summed E-state index contributed by atoms with van der Waals surface area (Å²) in [6, 6.07) is 0. The summed E-state index contributed by atoms with van der Waals surface area (Å²) in [5, 5.41) is 7.18. The molecular formula is C6H18Br7N3O3P2. The molecule has 0 unspecified atom stereocenters. The largest absolute Gasteiger partial charge is 0.338 e. The molecule has 0 aliphatic rings. The standard InChI is InChI=1S/C4H11Br2N2O2P.C2H6BrN.Br3OP.BrH/c5-1-3-7-11(9,10)8-4-2-6;3-1-2-4;1-5(2,3)4;/h1-4H2,(H3,7,8,9,10);1-2,4H2;;1H. The van der Waals surface area contributed by atoms with Crippen LogP contribution in [-0.4, -0.2) is 40.5 Å². The lowest BCUT2D eigenvalue weighted by Crippen LogP contribution is -2.24. The molecule has 15 heteroatoms. The highest BCUT2D eigenvalue weighted by molar-refractivity contribution is 9.94. The van der Waals surface area contributed by atoms with Gasteiger partial charge in [0.15, 0.2) is 0 Å². The van der Waals surface area contributed by atoms with Gasteiger partial charge in [0.2, 0.25) is 0 Å². The molecule has 0 spiro atoms. The van der Waals surface area contributed by atoms with Crippen LogP contribution in [0.4, 0.5) is 0 Å². The fourth-order valence-electron chi connectivity index (χ4n) is 0.444. The molecule has 0 aromatic carbocycles. The average Bonchev–Trinajstić information content (AvgIpc) is 2.32. The summed E-state index contributed by atoms with van der Waals surface area (Å²) in [6.45, 7) is 1.69. The predicted molar refractivity (Wildman–Crippen MR) is 121 cm³/mol. The average molecular weight is 802 g/mol. The second-order valence-corrected chi connectivity index (χ2v) is 25.2. The van der Waals surface area contributed by atoms with E-state index in [1.807, 2.05) is 0 Å². The number of alkyl halides is 3. The summed E-state index contributed by atoms with van der Waals surface area (Å²) in [4.78, 5) is 9.07. The zero-order valence-electron chi connectivity index (χ0n) is 10.7. The molecule has 0 radical (unpaired) electrons. The normalized spacial score (nSPS) is 10.5. The van der Waals surface area contributed by atoms with E-state index in [1.165, 1.54) is 0 Å². The van der Waals surface area contributed by atoms with Gasteiger partial charge in [-0.1, -0.05) is 47.8 Å².